The lowest BCUT2D eigenvalue weighted by Crippen LogP contribution is -2.45. The van der Waals surface area contributed by atoms with Crippen molar-refractivity contribution in [2.45, 2.75) is 58.2 Å². The Morgan fingerprint density at radius 1 is 1.21 bits per heavy atom. The SMILES string of the molecule is C=C1CCC(C(=O)OC)(C(=O)OC)C[C@@H]1/C=C/[Si](C)(C)C(C)(C)C. The van der Waals surface area contributed by atoms with Crippen LogP contribution in [-0.4, -0.2) is 34.2 Å². The van der Waals surface area contributed by atoms with Crippen molar-refractivity contribution >= 4 is 20.0 Å². The normalized spacial score (nSPS) is 21.6. The van der Waals surface area contributed by atoms with Crippen molar-refractivity contribution < 1.29 is 19.1 Å². The number of hydrogen-bond donors (Lipinski definition) is 0. The number of rotatable bonds is 4. The Kier molecular flexibility index (Phi) is 6.25. The number of esters is 2. The minimum Gasteiger partial charge on any atom is -0.468 e. The highest BCUT2D eigenvalue weighted by Crippen LogP contribution is 2.45. The number of hydrogen-bond acceptors (Lipinski definition) is 4. The van der Waals surface area contributed by atoms with E-state index in [0.29, 0.717) is 19.3 Å². The van der Waals surface area contributed by atoms with Gasteiger partial charge in [-0.3, -0.25) is 9.59 Å². The van der Waals surface area contributed by atoms with Gasteiger partial charge in [-0.05, 0) is 30.2 Å². The van der Waals surface area contributed by atoms with Crippen LogP contribution in [0.1, 0.15) is 40.0 Å². The molecule has 4 nitrogen and oxygen atoms in total. The smallest absolute Gasteiger partial charge is 0.323 e. The number of ether oxygens (including phenoxy) is 2. The maximum absolute atomic E-state index is 12.3. The fourth-order valence-electron chi connectivity index (χ4n) is 2.84. The van der Waals surface area contributed by atoms with Crippen LogP contribution in [0.3, 0.4) is 0 Å². The lowest BCUT2D eigenvalue weighted by molar-refractivity contribution is -0.171. The summed E-state index contributed by atoms with van der Waals surface area (Å²) in [6.07, 6.45) is 3.54. The first kappa shape index (κ1) is 20.7. The quantitative estimate of drug-likeness (QED) is 0.328. The summed E-state index contributed by atoms with van der Waals surface area (Å²) in [7, 11) is 1.04. The minimum absolute atomic E-state index is 0.00826. The summed E-state index contributed by atoms with van der Waals surface area (Å²) >= 11 is 0. The zero-order valence-electron chi connectivity index (χ0n) is 16.2. The molecule has 0 bridgehead atoms. The molecule has 1 fully saturated rings. The van der Waals surface area contributed by atoms with E-state index < -0.39 is 25.4 Å². The molecule has 1 atom stereocenters. The fourth-order valence-corrected chi connectivity index (χ4v) is 4.05. The zero-order chi connectivity index (χ0) is 18.8. The fraction of sp³-hybridized carbons (Fsp3) is 0.684. The second-order valence-corrected chi connectivity index (χ2v) is 13.6. The summed E-state index contributed by atoms with van der Waals surface area (Å²) in [6.45, 7) is 15.6. The maximum Gasteiger partial charge on any atom is 0.323 e. The van der Waals surface area contributed by atoms with E-state index in [2.05, 4.69) is 52.2 Å². The van der Waals surface area contributed by atoms with E-state index in [4.69, 9.17) is 9.47 Å². The van der Waals surface area contributed by atoms with Crippen molar-refractivity contribution in [3.05, 3.63) is 23.9 Å². The highest BCUT2D eigenvalue weighted by molar-refractivity contribution is 6.84. The van der Waals surface area contributed by atoms with Crippen molar-refractivity contribution in [1.29, 1.82) is 0 Å². The molecule has 0 aromatic rings. The van der Waals surface area contributed by atoms with Gasteiger partial charge >= 0.3 is 11.9 Å². The first-order valence-corrected chi connectivity index (χ1v) is 11.5. The van der Waals surface area contributed by atoms with Crippen LogP contribution >= 0.6 is 0 Å². The summed E-state index contributed by atoms with van der Waals surface area (Å²) in [5, 5.41) is 0.237. The van der Waals surface area contributed by atoms with Crippen molar-refractivity contribution in [1.82, 2.24) is 0 Å². The zero-order valence-corrected chi connectivity index (χ0v) is 17.2. The maximum atomic E-state index is 12.3. The second-order valence-electron chi connectivity index (χ2n) is 8.36. The number of carbonyl (C=O) groups is 2. The third-order valence-corrected chi connectivity index (χ3v) is 10.7. The van der Waals surface area contributed by atoms with Crippen molar-refractivity contribution in [2.75, 3.05) is 14.2 Å². The molecular formula is C19H32O4Si. The van der Waals surface area contributed by atoms with Crippen LogP contribution in [0.4, 0.5) is 0 Å². The molecule has 5 heteroatoms. The molecule has 0 aliphatic heterocycles. The van der Waals surface area contributed by atoms with E-state index in [9.17, 15) is 9.59 Å². The molecular weight excluding hydrogens is 320 g/mol. The van der Waals surface area contributed by atoms with Crippen LogP contribution in [0.25, 0.3) is 0 Å². The third-order valence-electron chi connectivity index (χ3n) is 5.80. The molecule has 136 valence electrons. The highest BCUT2D eigenvalue weighted by atomic mass is 28.3. The van der Waals surface area contributed by atoms with Gasteiger partial charge in [0, 0.05) is 0 Å². The Bertz CT molecular complexity index is 524. The van der Waals surface area contributed by atoms with E-state index in [-0.39, 0.29) is 11.0 Å². The minimum atomic E-state index is -1.59. The molecule has 0 N–H and O–H groups in total. The highest BCUT2D eigenvalue weighted by Gasteiger charge is 2.51. The lowest BCUT2D eigenvalue weighted by atomic mass is 9.68. The Morgan fingerprint density at radius 2 is 1.71 bits per heavy atom. The Morgan fingerprint density at radius 3 is 2.12 bits per heavy atom. The molecule has 0 heterocycles. The van der Waals surface area contributed by atoms with Crippen LogP contribution in [0.5, 0.6) is 0 Å². The molecule has 0 amide bonds. The molecule has 24 heavy (non-hydrogen) atoms. The van der Waals surface area contributed by atoms with E-state index >= 15 is 0 Å². The first-order valence-electron chi connectivity index (χ1n) is 8.45. The number of methoxy groups -OCH3 is 2. The monoisotopic (exact) mass is 352 g/mol. The largest absolute Gasteiger partial charge is 0.468 e. The van der Waals surface area contributed by atoms with Gasteiger partial charge in [0.1, 0.15) is 0 Å². The second kappa shape index (κ2) is 7.26. The van der Waals surface area contributed by atoms with Crippen LogP contribution in [0.15, 0.2) is 23.9 Å². The van der Waals surface area contributed by atoms with Gasteiger partial charge in [0.05, 0.1) is 22.3 Å². The first-order chi connectivity index (χ1) is 10.9. The predicted octanol–water partition coefficient (Wildman–Crippen LogP) is 4.28. The Balaban J connectivity index is 3.14. The molecule has 0 aromatic heterocycles. The molecule has 1 aliphatic rings. The molecule has 1 saturated carbocycles. The Labute approximate surface area is 147 Å². The van der Waals surface area contributed by atoms with Gasteiger partial charge in [-0.2, -0.15) is 0 Å². The van der Waals surface area contributed by atoms with Gasteiger partial charge in [0.15, 0.2) is 5.41 Å². The average Bonchev–Trinajstić information content (AvgIpc) is 2.51. The van der Waals surface area contributed by atoms with E-state index in [0.717, 1.165) is 5.57 Å². The summed E-state index contributed by atoms with van der Waals surface area (Å²) < 4.78 is 9.83. The van der Waals surface area contributed by atoms with E-state index in [1.54, 1.807) is 0 Å². The van der Waals surface area contributed by atoms with Crippen molar-refractivity contribution in [3.63, 3.8) is 0 Å². The van der Waals surface area contributed by atoms with Gasteiger partial charge in [-0.1, -0.05) is 57.8 Å². The molecule has 1 rings (SSSR count). The number of allylic oxidation sites excluding steroid dienone is 2. The lowest BCUT2D eigenvalue weighted by Gasteiger charge is -2.38. The van der Waals surface area contributed by atoms with Crippen LogP contribution < -0.4 is 0 Å². The summed E-state index contributed by atoms with van der Waals surface area (Å²) in [4.78, 5) is 24.7. The van der Waals surface area contributed by atoms with E-state index in [1.807, 2.05) is 0 Å². The molecule has 0 radical (unpaired) electrons. The van der Waals surface area contributed by atoms with E-state index in [1.165, 1.54) is 14.2 Å². The van der Waals surface area contributed by atoms with Gasteiger partial charge < -0.3 is 9.47 Å². The molecule has 0 unspecified atom stereocenters. The van der Waals surface area contributed by atoms with Crippen molar-refractivity contribution in [2.24, 2.45) is 11.3 Å². The molecule has 0 spiro atoms. The summed E-state index contributed by atoms with van der Waals surface area (Å²) in [5.41, 5.74) is 2.16. The third kappa shape index (κ3) is 3.99. The summed E-state index contributed by atoms with van der Waals surface area (Å²) in [5.74, 6) is -1.02. The van der Waals surface area contributed by atoms with Gasteiger partial charge in [-0.15, -0.1) is 0 Å². The van der Waals surface area contributed by atoms with Crippen LogP contribution in [0, 0.1) is 11.3 Å². The van der Waals surface area contributed by atoms with Crippen LogP contribution in [0.2, 0.25) is 18.1 Å². The average molecular weight is 353 g/mol. The van der Waals surface area contributed by atoms with Gasteiger partial charge in [0.25, 0.3) is 0 Å². The molecule has 0 aromatic carbocycles. The summed E-state index contributed by atoms with van der Waals surface area (Å²) in [6, 6.07) is 0. The Hall–Kier alpha value is -1.36. The van der Waals surface area contributed by atoms with Crippen molar-refractivity contribution in [3.8, 4) is 0 Å². The van der Waals surface area contributed by atoms with Crippen LogP contribution in [-0.2, 0) is 19.1 Å². The molecule has 0 saturated heterocycles. The van der Waals surface area contributed by atoms with Gasteiger partial charge in [-0.25, -0.2) is 0 Å². The predicted molar refractivity (Wildman–Crippen MR) is 99.3 cm³/mol. The van der Waals surface area contributed by atoms with Gasteiger partial charge in [0.2, 0.25) is 0 Å². The number of carbonyl (C=O) groups excluding carboxylic acids is 2. The molecule has 1 aliphatic carbocycles. The standard InChI is InChI=1S/C19H32O4Si/c1-14-9-11-19(16(20)22-5,17(21)23-6)13-15(14)10-12-24(7,8)18(2,3)4/h10,12,15H,1,9,11,13H2,2-8H3/b12-10+/t15-/m0/s1. The topological polar surface area (TPSA) is 52.6 Å².